The van der Waals surface area contributed by atoms with Crippen LogP contribution in [0.2, 0.25) is 5.02 Å². The first-order chi connectivity index (χ1) is 12.2. The number of carbonyl (C=O) groups is 1. The van der Waals surface area contributed by atoms with E-state index in [2.05, 4.69) is 16.8 Å². The van der Waals surface area contributed by atoms with Crippen molar-refractivity contribution in [1.82, 2.24) is 10.2 Å². The van der Waals surface area contributed by atoms with E-state index >= 15 is 0 Å². The number of benzene rings is 1. The van der Waals surface area contributed by atoms with Crippen LogP contribution in [-0.2, 0) is 19.5 Å². The average Bonchev–Trinajstić information content (AvgIpc) is 3.31. The van der Waals surface area contributed by atoms with Crippen LogP contribution in [0.4, 0.5) is 4.79 Å². The van der Waals surface area contributed by atoms with Gasteiger partial charge < -0.3 is 14.6 Å². The Balaban J connectivity index is 1.60. The minimum atomic E-state index is -0.0901. The number of nitrogens with zero attached hydrogens (tertiary/aromatic N) is 1. The summed E-state index contributed by atoms with van der Waals surface area (Å²) in [6.45, 7) is 1.64. The molecule has 0 saturated carbocycles. The van der Waals surface area contributed by atoms with Crippen molar-refractivity contribution in [2.75, 3.05) is 6.54 Å². The average molecular weight is 375 g/mol. The standard InChI is InChI=1S/C19H19ClN2O2S/c20-17-5-3-15(4-6-17)12-21-19(23)22(13-16-8-10-24-14-16)9-7-18-2-1-11-25-18/h1-6,8,10-11,14H,7,9,12-13H2,(H,21,23). The van der Waals surface area contributed by atoms with Gasteiger partial charge in [-0.3, -0.25) is 0 Å². The second-order valence-corrected chi connectivity index (χ2v) is 7.14. The first kappa shape index (κ1) is 17.6. The lowest BCUT2D eigenvalue weighted by molar-refractivity contribution is 0.195. The molecule has 25 heavy (non-hydrogen) atoms. The first-order valence-electron chi connectivity index (χ1n) is 8.01. The summed E-state index contributed by atoms with van der Waals surface area (Å²) in [4.78, 5) is 15.7. The van der Waals surface area contributed by atoms with Gasteiger partial charge in [-0.1, -0.05) is 29.8 Å². The van der Waals surface area contributed by atoms with Gasteiger partial charge in [0, 0.05) is 28.6 Å². The minimum absolute atomic E-state index is 0.0901. The Morgan fingerprint density at radius 3 is 2.68 bits per heavy atom. The Morgan fingerprint density at radius 1 is 1.16 bits per heavy atom. The maximum Gasteiger partial charge on any atom is 0.317 e. The van der Waals surface area contributed by atoms with Crippen molar-refractivity contribution in [3.63, 3.8) is 0 Å². The van der Waals surface area contributed by atoms with Crippen molar-refractivity contribution in [1.29, 1.82) is 0 Å². The van der Waals surface area contributed by atoms with Crippen molar-refractivity contribution < 1.29 is 9.21 Å². The fourth-order valence-electron chi connectivity index (χ4n) is 2.45. The highest BCUT2D eigenvalue weighted by Crippen LogP contribution is 2.13. The molecule has 2 heterocycles. The number of urea groups is 1. The molecule has 0 saturated heterocycles. The molecule has 0 radical (unpaired) electrons. The van der Waals surface area contributed by atoms with Crippen LogP contribution < -0.4 is 5.32 Å². The zero-order valence-electron chi connectivity index (χ0n) is 13.7. The number of thiophene rings is 1. The largest absolute Gasteiger partial charge is 0.472 e. The smallest absolute Gasteiger partial charge is 0.317 e. The van der Waals surface area contributed by atoms with Crippen LogP contribution in [0.15, 0.2) is 64.8 Å². The predicted octanol–water partition coefficient (Wildman–Crippen LogP) is 4.95. The summed E-state index contributed by atoms with van der Waals surface area (Å²) in [5.74, 6) is 0. The van der Waals surface area contributed by atoms with Crippen LogP contribution in [0.5, 0.6) is 0 Å². The van der Waals surface area contributed by atoms with Gasteiger partial charge in [0.2, 0.25) is 0 Å². The van der Waals surface area contributed by atoms with Crippen molar-refractivity contribution in [3.8, 4) is 0 Å². The molecule has 0 spiro atoms. The monoisotopic (exact) mass is 374 g/mol. The van der Waals surface area contributed by atoms with Gasteiger partial charge in [0.15, 0.2) is 0 Å². The topological polar surface area (TPSA) is 45.5 Å². The van der Waals surface area contributed by atoms with Crippen molar-refractivity contribution in [2.24, 2.45) is 0 Å². The molecule has 2 aromatic heterocycles. The van der Waals surface area contributed by atoms with E-state index in [-0.39, 0.29) is 6.03 Å². The highest BCUT2D eigenvalue weighted by atomic mass is 35.5. The van der Waals surface area contributed by atoms with Gasteiger partial charge >= 0.3 is 6.03 Å². The third-order valence-electron chi connectivity index (χ3n) is 3.81. The Kier molecular flexibility index (Phi) is 6.14. The fourth-order valence-corrected chi connectivity index (χ4v) is 3.27. The zero-order chi connectivity index (χ0) is 17.5. The summed E-state index contributed by atoms with van der Waals surface area (Å²) in [7, 11) is 0. The number of rotatable bonds is 7. The van der Waals surface area contributed by atoms with Gasteiger partial charge in [-0.05, 0) is 41.6 Å². The molecule has 0 unspecified atom stereocenters. The van der Waals surface area contributed by atoms with Crippen LogP contribution in [-0.4, -0.2) is 17.5 Å². The van der Waals surface area contributed by atoms with Crippen molar-refractivity contribution >= 4 is 29.0 Å². The van der Waals surface area contributed by atoms with Crippen LogP contribution in [0.1, 0.15) is 16.0 Å². The first-order valence-corrected chi connectivity index (χ1v) is 9.27. The number of carbonyl (C=O) groups excluding carboxylic acids is 1. The molecular weight excluding hydrogens is 356 g/mol. The predicted molar refractivity (Wildman–Crippen MR) is 101 cm³/mol. The van der Waals surface area contributed by atoms with Crippen LogP contribution in [0, 0.1) is 0 Å². The molecule has 3 rings (SSSR count). The van der Waals surface area contributed by atoms with Crippen LogP contribution in [0.25, 0.3) is 0 Å². The third-order valence-corrected chi connectivity index (χ3v) is 4.99. The molecule has 0 atom stereocenters. The van der Waals surface area contributed by atoms with E-state index < -0.39 is 0 Å². The molecule has 3 aromatic rings. The molecule has 0 aliphatic heterocycles. The molecular formula is C19H19ClN2O2S. The van der Waals surface area contributed by atoms with E-state index in [0.29, 0.717) is 24.7 Å². The summed E-state index contributed by atoms with van der Waals surface area (Å²) in [5.41, 5.74) is 1.99. The maximum absolute atomic E-state index is 12.6. The summed E-state index contributed by atoms with van der Waals surface area (Å²) in [6, 6.07) is 13.4. The molecule has 0 aliphatic rings. The molecule has 130 valence electrons. The highest BCUT2D eigenvalue weighted by molar-refractivity contribution is 7.09. The Bertz CT molecular complexity index is 770. The van der Waals surface area contributed by atoms with Gasteiger partial charge in [-0.25, -0.2) is 4.79 Å². The summed E-state index contributed by atoms with van der Waals surface area (Å²) >= 11 is 7.60. The number of amides is 2. The second kappa shape index (κ2) is 8.74. The van der Waals surface area contributed by atoms with Gasteiger partial charge in [-0.15, -0.1) is 11.3 Å². The molecule has 1 aromatic carbocycles. The third kappa shape index (κ3) is 5.37. The van der Waals surface area contributed by atoms with Crippen LogP contribution in [0.3, 0.4) is 0 Å². The Hall–Kier alpha value is -2.24. The maximum atomic E-state index is 12.6. The van der Waals surface area contributed by atoms with E-state index in [1.54, 1.807) is 28.8 Å². The van der Waals surface area contributed by atoms with Gasteiger partial charge in [-0.2, -0.15) is 0 Å². The molecule has 0 fully saturated rings. The lowest BCUT2D eigenvalue weighted by Crippen LogP contribution is -2.40. The quantitative estimate of drug-likeness (QED) is 0.636. The normalized spacial score (nSPS) is 10.6. The van der Waals surface area contributed by atoms with E-state index in [9.17, 15) is 4.79 Å². The number of halogens is 1. The summed E-state index contributed by atoms with van der Waals surface area (Å²) < 4.78 is 5.12. The number of nitrogens with one attached hydrogen (secondary N) is 1. The SMILES string of the molecule is O=C(NCc1ccc(Cl)cc1)N(CCc1cccs1)Cc1ccoc1. The minimum Gasteiger partial charge on any atom is -0.472 e. The second-order valence-electron chi connectivity index (χ2n) is 5.67. The van der Waals surface area contributed by atoms with Crippen molar-refractivity contribution in [3.05, 3.63) is 81.4 Å². The molecule has 1 N–H and O–H groups in total. The molecule has 6 heteroatoms. The summed E-state index contributed by atoms with van der Waals surface area (Å²) in [5, 5.41) is 5.72. The lowest BCUT2D eigenvalue weighted by Gasteiger charge is -2.22. The highest BCUT2D eigenvalue weighted by Gasteiger charge is 2.14. The van der Waals surface area contributed by atoms with E-state index in [0.717, 1.165) is 17.5 Å². The summed E-state index contributed by atoms with van der Waals surface area (Å²) in [6.07, 6.45) is 4.13. The Morgan fingerprint density at radius 2 is 2.00 bits per heavy atom. The fraction of sp³-hybridized carbons (Fsp3) is 0.211. The molecule has 0 aliphatic carbocycles. The molecule has 4 nitrogen and oxygen atoms in total. The van der Waals surface area contributed by atoms with Crippen LogP contribution >= 0.6 is 22.9 Å². The molecule has 0 bridgehead atoms. The number of furan rings is 1. The Labute approximate surface area is 156 Å². The van der Waals surface area contributed by atoms with Gasteiger partial charge in [0.1, 0.15) is 0 Å². The molecule has 2 amide bonds. The zero-order valence-corrected chi connectivity index (χ0v) is 15.2. The van der Waals surface area contributed by atoms with E-state index in [1.807, 2.05) is 36.4 Å². The van der Waals surface area contributed by atoms with E-state index in [4.69, 9.17) is 16.0 Å². The lowest BCUT2D eigenvalue weighted by atomic mass is 10.2. The van der Waals surface area contributed by atoms with Gasteiger partial charge in [0.25, 0.3) is 0 Å². The van der Waals surface area contributed by atoms with Crippen molar-refractivity contribution in [2.45, 2.75) is 19.5 Å². The number of hydrogen-bond acceptors (Lipinski definition) is 3. The van der Waals surface area contributed by atoms with E-state index in [1.165, 1.54) is 4.88 Å². The number of hydrogen-bond donors (Lipinski definition) is 1. The van der Waals surface area contributed by atoms with Gasteiger partial charge in [0.05, 0.1) is 19.1 Å².